The van der Waals surface area contributed by atoms with Crippen LogP contribution in [0.3, 0.4) is 0 Å². The third-order valence-corrected chi connectivity index (χ3v) is 11.9. The summed E-state index contributed by atoms with van der Waals surface area (Å²) < 4.78 is 32.9. The number of phosphoric ester groups is 1. The topological polar surface area (TPSA) is 134 Å². The van der Waals surface area contributed by atoms with E-state index in [1.165, 1.54) is 25.7 Å². The van der Waals surface area contributed by atoms with Gasteiger partial charge in [0.1, 0.15) is 6.61 Å². The number of carbonyl (C=O) groups is 2. The standard InChI is InChI=1S/C63H100NO8P/c1-3-5-7-9-11-13-15-17-18-19-20-21-22-23-24-25-26-27-28-29-30-31-32-33-34-35-36-37-38-39-40-41-42-44-46-48-50-52-54-56-63(66)72-61(60-71-73(67,68)70-58-57-64)59-69-62(65)55-53-51-49-47-45-43-16-14-12-10-8-6-4-2/h5-8,11-14,17-18,20-21,23-24,26-27,29-30,32-33,35-36,38-39,43,45,61H,3-4,9-10,15-16,19,22,25,28,31,34,37,40-42,44,46-60,64H2,1-2H3,(H,67,68)/b7-5-,8-6-,13-11-,14-12-,18-17-,21-20-,24-23-,27-26-,30-29-,33-32-,36-35-,39-38-,45-43-. The van der Waals surface area contributed by atoms with Gasteiger partial charge >= 0.3 is 19.8 Å². The first-order valence-electron chi connectivity index (χ1n) is 28.0. The van der Waals surface area contributed by atoms with Gasteiger partial charge in [-0.1, -0.05) is 217 Å². The quantitative estimate of drug-likeness (QED) is 0.0264. The summed E-state index contributed by atoms with van der Waals surface area (Å²) in [4.78, 5) is 35.0. The number of allylic oxidation sites excluding steroid dienone is 26. The Morgan fingerprint density at radius 3 is 1.07 bits per heavy atom. The maximum atomic E-state index is 12.7. The molecule has 0 aliphatic rings. The molecular weight excluding hydrogens is 930 g/mol. The van der Waals surface area contributed by atoms with E-state index in [4.69, 9.17) is 24.3 Å². The van der Waals surface area contributed by atoms with Gasteiger partial charge in [0, 0.05) is 19.4 Å². The van der Waals surface area contributed by atoms with E-state index in [0.717, 1.165) is 128 Å². The van der Waals surface area contributed by atoms with Gasteiger partial charge in [-0.25, -0.2) is 4.57 Å². The minimum atomic E-state index is -4.40. The number of carbonyl (C=O) groups excluding carboxylic acids is 2. The Morgan fingerprint density at radius 1 is 0.411 bits per heavy atom. The van der Waals surface area contributed by atoms with Crippen molar-refractivity contribution in [1.29, 1.82) is 0 Å². The second-order valence-corrected chi connectivity index (χ2v) is 19.1. The monoisotopic (exact) mass is 1030 g/mol. The SMILES string of the molecule is CC/C=C\C/C=C\C/C=C\C/C=C\C/C=C\C/C=C\C/C=C\C/C=C\C/C=C\C/C=C\CCCCCCCCCCC(=O)OC(COC(=O)CCCCC/C=C\C/C=C\C/C=C\CC)COP(=O)(O)OCCN. The molecule has 0 aromatic carbocycles. The van der Waals surface area contributed by atoms with Crippen molar-refractivity contribution in [2.75, 3.05) is 26.4 Å². The molecule has 0 rings (SSSR count). The van der Waals surface area contributed by atoms with Gasteiger partial charge in [-0.3, -0.25) is 18.6 Å². The summed E-state index contributed by atoms with van der Waals surface area (Å²) in [7, 11) is -4.40. The molecule has 0 amide bonds. The first kappa shape index (κ1) is 68.6. The first-order valence-corrected chi connectivity index (χ1v) is 29.5. The third-order valence-electron chi connectivity index (χ3n) is 10.9. The lowest BCUT2D eigenvalue weighted by molar-refractivity contribution is -0.161. The van der Waals surface area contributed by atoms with Crippen molar-refractivity contribution in [2.45, 2.75) is 200 Å². The van der Waals surface area contributed by atoms with Gasteiger partial charge in [-0.15, -0.1) is 0 Å². The first-order chi connectivity index (χ1) is 35.8. The van der Waals surface area contributed by atoms with Gasteiger partial charge < -0.3 is 20.1 Å². The summed E-state index contributed by atoms with van der Waals surface area (Å²) in [6.07, 6.45) is 83.1. The Kier molecular flexibility index (Phi) is 53.5. The van der Waals surface area contributed by atoms with E-state index in [0.29, 0.717) is 12.8 Å². The predicted octanol–water partition coefficient (Wildman–Crippen LogP) is 17.7. The van der Waals surface area contributed by atoms with Gasteiger partial charge in [0.05, 0.1) is 13.2 Å². The smallest absolute Gasteiger partial charge is 0.462 e. The summed E-state index contributed by atoms with van der Waals surface area (Å²) in [5.74, 6) is -0.886. The number of unbranched alkanes of at least 4 members (excludes halogenated alkanes) is 11. The molecular formula is C63H100NO8P. The molecule has 2 unspecified atom stereocenters. The van der Waals surface area contributed by atoms with Crippen molar-refractivity contribution < 1.29 is 37.6 Å². The summed E-state index contributed by atoms with van der Waals surface area (Å²) in [6.45, 7) is 3.43. The summed E-state index contributed by atoms with van der Waals surface area (Å²) >= 11 is 0. The molecule has 10 heteroatoms. The molecule has 73 heavy (non-hydrogen) atoms. The molecule has 0 saturated heterocycles. The van der Waals surface area contributed by atoms with Crippen molar-refractivity contribution in [3.05, 3.63) is 158 Å². The maximum absolute atomic E-state index is 12.7. The normalized spacial score (nSPS) is 14.3. The third kappa shape index (κ3) is 56.8. The van der Waals surface area contributed by atoms with E-state index in [-0.39, 0.29) is 32.6 Å². The molecule has 0 aromatic rings. The van der Waals surface area contributed by atoms with Crippen LogP contribution in [0.15, 0.2) is 158 Å². The minimum Gasteiger partial charge on any atom is -0.462 e. The van der Waals surface area contributed by atoms with E-state index in [1.807, 2.05) is 0 Å². The lowest BCUT2D eigenvalue weighted by Gasteiger charge is -2.19. The number of phosphoric acid groups is 1. The second-order valence-electron chi connectivity index (χ2n) is 17.7. The van der Waals surface area contributed by atoms with Crippen molar-refractivity contribution in [1.82, 2.24) is 0 Å². The fourth-order valence-corrected chi connectivity index (χ4v) is 7.62. The van der Waals surface area contributed by atoms with Gasteiger partial charge in [0.15, 0.2) is 6.10 Å². The summed E-state index contributed by atoms with van der Waals surface area (Å²) in [5.41, 5.74) is 5.36. The minimum absolute atomic E-state index is 0.0394. The molecule has 3 N–H and O–H groups in total. The molecule has 0 spiro atoms. The van der Waals surface area contributed by atoms with Crippen molar-refractivity contribution in [2.24, 2.45) is 5.73 Å². The zero-order valence-corrected chi connectivity index (χ0v) is 46.4. The largest absolute Gasteiger partial charge is 0.472 e. The van der Waals surface area contributed by atoms with Crippen LogP contribution in [0.5, 0.6) is 0 Å². The van der Waals surface area contributed by atoms with Crippen LogP contribution in [0.1, 0.15) is 194 Å². The number of esters is 2. The molecule has 0 fully saturated rings. The Morgan fingerprint density at radius 2 is 0.712 bits per heavy atom. The van der Waals surface area contributed by atoms with Crippen molar-refractivity contribution in [3.8, 4) is 0 Å². The van der Waals surface area contributed by atoms with E-state index < -0.39 is 32.5 Å². The summed E-state index contributed by atoms with van der Waals surface area (Å²) in [6, 6.07) is 0. The molecule has 0 aliphatic heterocycles. The van der Waals surface area contributed by atoms with Crippen LogP contribution in [-0.4, -0.2) is 49.3 Å². The molecule has 0 bridgehead atoms. The number of ether oxygens (including phenoxy) is 2. The lowest BCUT2D eigenvalue weighted by Crippen LogP contribution is -2.29. The average Bonchev–Trinajstić information content (AvgIpc) is 3.38. The predicted molar refractivity (Wildman–Crippen MR) is 311 cm³/mol. The van der Waals surface area contributed by atoms with E-state index in [9.17, 15) is 19.0 Å². The summed E-state index contributed by atoms with van der Waals surface area (Å²) in [5, 5.41) is 0. The Hall–Kier alpha value is -4.37. The van der Waals surface area contributed by atoms with Gasteiger partial charge in [-0.2, -0.15) is 0 Å². The highest BCUT2D eigenvalue weighted by Crippen LogP contribution is 2.43. The molecule has 0 radical (unpaired) electrons. The van der Waals surface area contributed by atoms with Crippen LogP contribution in [0.25, 0.3) is 0 Å². The van der Waals surface area contributed by atoms with E-state index >= 15 is 0 Å². The van der Waals surface area contributed by atoms with E-state index in [1.54, 1.807) is 0 Å². The van der Waals surface area contributed by atoms with Gasteiger partial charge in [0.25, 0.3) is 0 Å². The van der Waals surface area contributed by atoms with Crippen LogP contribution >= 0.6 is 7.82 Å². The van der Waals surface area contributed by atoms with Crippen LogP contribution in [0.2, 0.25) is 0 Å². The molecule has 410 valence electrons. The number of nitrogens with two attached hydrogens (primary N) is 1. The Labute approximate surface area is 445 Å². The van der Waals surface area contributed by atoms with Gasteiger partial charge in [-0.05, 0) is 122 Å². The maximum Gasteiger partial charge on any atom is 0.472 e. The second kappa shape index (κ2) is 56.9. The van der Waals surface area contributed by atoms with Crippen molar-refractivity contribution in [3.63, 3.8) is 0 Å². The lowest BCUT2D eigenvalue weighted by atomic mass is 10.1. The molecule has 9 nitrogen and oxygen atoms in total. The van der Waals surface area contributed by atoms with Crippen LogP contribution in [0.4, 0.5) is 0 Å². The van der Waals surface area contributed by atoms with Crippen LogP contribution < -0.4 is 5.73 Å². The fraction of sp³-hybridized carbons (Fsp3) is 0.556. The van der Waals surface area contributed by atoms with Gasteiger partial charge in [0.2, 0.25) is 0 Å². The zero-order valence-electron chi connectivity index (χ0n) is 45.5. The van der Waals surface area contributed by atoms with Crippen LogP contribution in [0, 0.1) is 0 Å². The molecule has 2 atom stereocenters. The average molecular weight is 1030 g/mol. The van der Waals surface area contributed by atoms with Crippen molar-refractivity contribution >= 4 is 19.8 Å². The highest BCUT2D eigenvalue weighted by atomic mass is 31.2. The Balaban J connectivity index is 4.02. The highest BCUT2D eigenvalue weighted by molar-refractivity contribution is 7.47. The number of rotatable bonds is 50. The number of hydrogen-bond donors (Lipinski definition) is 2. The van der Waals surface area contributed by atoms with E-state index in [2.05, 4.69) is 172 Å². The van der Waals surface area contributed by atoms with Crippen LogP contribution in [-0.2, 0) is 32.7 Å². The fourth-order valence-electron chi connectivity index (χ4n) is 6.85. The molecule has 0 saturated carbocycles. The highest BCUT2D eigenvalue weighted by Gasteiger charge is 2.26. The Bertz CT molecular complexity index is 1740. The zero-order chi connectivity index (χ0) is 53.1. The number of hydrogen-bond acceptors (Lipinski definition) is 8. The molecule has 0 aliphatic carbocycles. The molecule has 0 heterocycles. The molecule has 0 aromatic heterocycles.